The van der Waals surface area contributed by atoms with Crippen molar-refractivity contribution in [2.45, 2.75) is 312 Å². The molecule has 32 heteroatoms. The smallest absolute Gasteiger partial charge is 0.463 e. The van der Waals surface area contributed by atoms with Gasteiger partial charge < -0.3 is 60.1 Å². The molecule has 0 atom stereocenters. The Morgan fingerprint density at radius 1 is 0.292 bits per heavy atom. The van der Waals surface area contributed by atoms with Crippen LogP contribution in [-0.2, 0) is 79.3 Å². The fourth-order valence-corrected chi connectivity index (χ4v) is 67.6. The van der Waals surface area contributed by atoms with Crippen LogP contribution in [0.2, 0.25) is 233 Å². The SMILES string of the molecule is C=C(C)C(=O)OCCC[Si](C)(C)O[Si](C)(C)O[Si](C)(C)CCCC.C=C(C)C(=O)OCCC[Si](O[Si](C)(C)C)(O[Si](C)(C)C)O[Si](C)(C)C.C=CC(=O)OCCC[Si](C)(C)O[Si](C)(C)O[Si](C)(C)CCCC.C=CC(=O)OCCC[Si](O[Si](C)(C)C)(O[Si](C)(C)C)O[Si](C)(C)C. The molecule has 0 aliphatic heterocycles. The molecule has 0 unspecified atom stereocenters. The lowest BCUT2D eigenvalue weighted by atomic mass is 10.4. The molecule has 568 valence electrons. The van der Waals surface area contributed by atoms with Crippen molar-refractivity contribution in [1.82, 2.24) is 0 Å². The summed E-state index contributed by atoms with van der Waals surface area (Å²) in [7, 11) is -27.9. The van der Waals surface area contributed by atoms with Crippen LogP contribution in [0.5, 0.6) is 0 Å². The Balaban J connectivity index is -0.000000588. The quantitative estimate of drug-likeness (QED) is 0.0183. The molecule has 0 bridgehead atoms. The van der Waals surface area contributed by atoms with Crippen LogP contribution in [0, 0.1) is 0 Å². The monoisotopic (exact) mass is 1600 g/mol. The fourth-order valence-electron chi connectivity index (χ4n) is 9.96. The minimum Gasteiger partial charge on any atom is -0.463 e. The molecule has 0 aromatic rings. The van der Waals surface area contributed by atoms with Gasteiger partial charge >= 0.3 is 58.6 Å². The molecule has 0 amide bonds. The van der Waals surface area contributed by atoms with Crippen LogP contribution in [0.3, 0.4) is 0 Å². The molecular formula is C64H148O18Si14. The van der Waals surface area contributed by atoms with Crippen LogP contribution in [-0.4, -0.2) is 168 Å². The maximum Gasteiger partial charge on any atom is 0.469 e. The first kappa shape index (κ1) is 102. The molecule has 18 nitrogen and oxygen atoms in total. The molecule has 0 heterocycles. The van der Waals surface area contributed by atoms with Crippen LogP contribution in [0.15, 0.2) is 49.6 Å². The predicted octanol–water partition coefficient (Wildman–Crippen LogP) is 20.1. The maximum absolute atomic E-state index is 11.6. The van der Waals surface area contributed by atoms with Crippen molar-refractivity contribution in [2.75, 3.05) is 26.4 Å². The van der Waals surface area contributed by atoms with Gasteiger partial charge in [-0.15, -0.1) is 0 Å². The molecule has 0 saturated heterocycles. The second kappa shape index (κ2) is 45.0. The summed E-state index contributed by atoms with van der Waals surface area (Å²) < 4.78 is 86.0. The summed E-state index contributed by atoms with van der Waals surface area (Å²) in [5.74, 6) is -1.41. The molecule has 0 spiro atoms. The first-order valence-electron chi connectivity index (χ1n) is 35.0. The number of unbranched alkanes of at least 4 members (excludes halogenated alkanes) is 2. The molecule has 0 rings (SSSR count). The van der Waals surface area contributed by atoms with Gasteiger partial charge in [-0.2, -0.15) is 0 Å². The van der Waals surface area contributed by atoms with E-state index in [1.807, 2.05) is 0 Å². The Labute approximate surface area is 604 Å². The fraction of sp³-hybridized carbons (Fsp3) is 0.812. The predicted molar refractivity (Wildman–Crippen MR) is 438 cm³/mol. The van der Waals surface area contributed by atoms with Crippen LogP contribution in [0.4, 0.5) is 0 Å². The summed E-state index contributed by atoms with van der Waals surface area (Å²) in [5, 5.41) is 0. The molecule has 0 aromatic carbocycles. The third kappa shape index (κ3) is 62.1. The number of rotatable bonds is 46. The van der Waals surface area contributed by atoms with E-state index in [1.54, 1.807) is 13.8 Å². The van der Waals surface area contributed by atoms with Crippen molar-refractivity contribution in [3.05, 3.63) is 49.6 Å². The largest absolute Gasteiger partial charge is 0.469 e. The Hall–Kier alpha value is -0.524. The summed E-state index contributed by atoms with van der Waals surface area (Å²) in [5.41, 5.74) is 0.863. The van der Waals surface area contributed by atoms with E-state index >= 15 is 0 Å². The lowest BCUT2D eigenvalue weighted by molar-refractivity contribution is -0.139. The zero-order valence-corrected chi connectivity index (χ0v) is 82.1. The second-order valence-corrected chi connectivity index (χ2v) is 93.0. The highest BCUT2D eigenvalue weighted by Crippen LogP contribution is 2.33. The van der Waals surface area contributed by atoms with Crippen molar-refractivity contribution in [3.63, 3.8) is 0 Å². The minimum atomic E-state index is -2.83. The summed E-state index contributed by atoms with van der Waals surface area (Å²) in [6.07, 6.45) is 10.3. The Kier molecular flexibility index (Phi) is 47.7. The summed E-state index contributed by atoms with van der Waals surface area (Å²) in [6, 6.07) is 5.68. The van der Waals surface area contributed by atoms with E-state index in [-0.39, 0.29) is 17.9 Å². The standard InChI is InChI=1S/C17H38O4Si3.C16H38O5Si4.C16H36O4Si3.C15H36O5Si4/c1-10-11-14-22(4,5)20-24(8,9)21-23(6,7)15-12-13-19-17(18)16(2)3;1-15(2)16(17)18-13-12-14-25(19-22(3,4)5,20-23(6,7)8)21-24(9,10)11;1-9-11-14-21(3,4)19-23(7,8)20-22(5,6)15-12-13-18-16(17)10-2;1-11-15(16)17-13-12-14-24(18-21(2,3)4,19-22(5,6)7)20-23(8,9)10/h2,10-15H2,1,3-9H3;1,12-14H2,2-11H3;10H,2,9,11-15H2,1,3-8H3;11H,1,12-14H2,2-10H3. The highest BCUT2D eigenvalue weighted by atomic mass is 28.5. The third-order valence-electron chi connectivity index (χ3n) is 12.2. The topological polar surface area (TPSA) is 197 Å². The first-order valence-corrected chi connectivity index (χ1v) is 77.4. The van der Waals surface area contributed by atoms with E-state index in [1.165, 1.54) is 49.9 Å². The van der Waals surface area contributed by atoms with Gasteiger partial charge in [0.25, 0.3) is 0 Å². The molecule has 0 aliphatic carbocycles. The van der Waals surface area contributed by atoms with Crippen molar-refractivity contribution in [1.29, 1.82) is 0 Å². The highest BCUT2D eigenvalue weighted by Gasteiger charge is 2.51. The Morgan fingerprint density at radius 3 is 0.656 bits per heavy atom. The number of esters is 4. The highest BCUT2D eigenvalue weighted by molar-refractivity contribution is 6.92. The van der Waals surface area contributed by atoms with E-state index in [9.17, 15) is 19.2 Å². The van der Waals surface area contributed by atoms with Gasteiger partial charge in [-0.05, 0) is 260 Å². The van der Waals surface area contributed by atoms with Gasteiger partial charge in [0.15, 0.2) is 83.2 Å². The van der Waals surface area contributed by atoms with Crippen LogP contribution in [0.25, 0.3) is 0 Å². The summed E-state index contributed by atoms with van der Waals surface area (Å²) in [6.45, 7) is 89.0. The van der Waals surface area contributed by atoms with Gasteiger partial charge in [0.1, 0.15) is 0 Å². The first-order chi connectivity index (χ1) is 42.8. The number of carbonyl (C=O) groups excluding carboxylic acids is 4. The van der Waals surface area contributed by atoms with Crippen LogP contribution >= 0.6 is 0 Å². The molecule has 0 saturated carbocycles. The van der Waals surface area contributed by atoms with E-state index in [0.29, 0.717) is 62.5 Å². The third-order valence-corrected chi connectivity index (χ3v) is 59.2. The molecular weight excluding hydrogens is 1450 g/mol. The lowest BCUT2D eigenvalue weighted by Gasteiger charge is -2.43. The minimum absolute atomic E-state index is 0.308. The van der Waals surface area contributed by atoms with Crippen LogP contribution < -0.4 is 0 Å². The zero-order valence-electron chi connectivity index (χ0n) is 68.1. The van der Waals surface area contributed by atoms with Crippen LogP contribution in [0.1, 0.15) is 79.1 Å². The molecule has 0 aliphatic rings. The van der Waals surface area contributed by atoms with Gasteiger partial charge in [0.05, 0.1) is 26.4 Å². The Bertz CT molecular complexity index is 2230. The zero-order chi connectivity index (χ0) is 76.5. The molecule has 96 heavy (non-hydrogen) atoms. The second-order valence-electron chi connectivity index (χ2n) is 34.1. The number of carbonyl (C=O) groups is 4. The van der Waals surface area contributed by atoms with Gasteiger partial charge in [-0.25, -0.2) is 19.2 Å². The van der Waals surface area contributed by atoms with Gasteiger partial charge in [-0.1, -0.05) is 65.8 Å². The molecule has 0 fully saturated rings. The van der Waals surface area contributed by atoms with Gasteiger partial charge in [-0.3, -0.25) is 0 Å². The average Bonchev–Trinajstić information content (AvgIpc) is 0.823. The number of hydrogen-bond acceptors (Lipinski definition) is 18. The van der Waals surface area contributed by atoms with Crippen molar-refractivity contribution >= 4 is 142 Å². The number of ether oxygens (including phenoxy) is 4. The molecule has 0 radical (unpaired) electrons. The molecule has 0 N–H and O–H groups in total. The normalized spacial score (nSPS) is 13.4. The lowest BCUT2D eigenvalue weighted by Crippen LogP contribution is -2.60. The van der Waals surface area contributed by atoms with E-state index in [2.05, 4.69) is 237 Å². The maximum atomic E-state index is 11.6. The van der Waals surface area contributed by atoms with Gasteiger partial charge in [0, 0.05) is 35.4 Å². The van der Waals surface area contributed by atoms with Gasteiger partial charge in [0.2, 0.25) is 0 Å². The molecule has 0 aromatic heterocycles. The summed E-state index contributed by atoms with van der Waals surface area (Å²) in [4.78, 5) is 45.2. The van der Waals surface area contributed by atoms with Crippen molar-refractivity contribution in [2.24, 2.45) is 0 Å². The average molecular weight is 1600 g/mol. The van der Waals surface area contributed by atoms with Crippen molar-refractivity contribution in [3.8, 4) is 0 Å². The van der Waals surface area contributed by atoms with E-state index < -0.39 is 124 Å². The van der Waals surface area contributed by atoms with E-state index in [0.717, 1.165) is 24.9 Å². The number of hydrogen-bond donors (Lipinski definition) is 0. The van der Waals surface area contributed by atoms with E-state index in [4.69, 9.17) is 60.1 Å². The summed E-state index contributed by atoms with van der Waals surface area (Å²) >= 11 is 0. The Morgan fingerprint density at radius 2 is 0.479 bits per heavy atom. The van der Waals surface area contributed by atoms with Crippen molar-refractivity contribution < 1.29 is 79.3 Å².